The van der Waals surface area contributed by atoms with E-state index in [1.54, 1.807) is 12.1 Å². The molecule has 15 N–H and O–H groups in total. The Kier molecular flexibility index (Phi) is 22.2. The Labute approximate surface area is 494 Å². The number of hydrogen-bond acceptors (Lipinski definition) is 18. The Morgan fingerprint density at radius 2 is 1.15 bits per heavy atom. The Hall–Kier alpha value is -7.40. The van der Waals surface area contributed by atoms with Gasteiger partial charge in [0, 0.05) is 37.4 Å². The minimum Gasteiger partial charge on any atom is -0.494 e. The van der Waals surface area contributed by atoms with Crippen molar-refractivity contribution in [1.29, 1.82) is 0 Å². The van der Waals surface area contributed by atoms with Crippen LogP contribution in [0, 0.1) is 5.92 Å². The highest BCUT2D eigenvalue weighted by molar-refractivity contribution is 7.46. The Morgan fingerprint density at radius 3 is 1.70 bits per heavy atom. The molecule has 0 unspecified atom stereocenters. The lowest BCUT2D eigenvalue weighted by atomic mass is 9.96. The highest BCUT2D eigenvalue weighted by atomic mass is 31.2. The van der Waals surface area contributed by atoms with E-state index in [2.05, 4.69) is 38.0 Å². The van der Waals surface area contributed by atoms with Gasteiger partial charge in [0.2, 0.25) is 35.4 Å². The summed E-state index contributed by atoms with van der Waals surface area (Å²) in [5.41, 5.74) is 3.14. The number of aliphatic hydroxyl groups excluding tert-OH is 8. The molecule has 4 aromatic carbocycles. The van der Waals surface area contributed by atoms with Gasteiger partial charge in [-0.1, -0.05) is 87.4 Å². The molecule has 4 aromatic rings. The van der Waals surface area contributed by atoms with Gasteiger partial charge in [-0.3, -0.25) is 43.3 Å². The Balaban J connectivity index is 1.18. The van der Waals surface area contributed by atoms with Crippen molar-refractivity contribution in [2.24, 2.45) is 5.92 Å². The molecule has 0 saturated carbocycles. The van der Waals surface area contributed by atoms with Gasteiger partial charge in [-0.15, -0.1) is 0 Å². The summed E-state index contributed by atoms with van der Waals surface area (Å²) in [4.78, 5) is 120. The van der Waals surface area contributed by atoms with E-state index in [1.165, 1.54) is 19.1 Å². The van der Waals surface area contributed by atoms with Crippen LogP contribution in [0.15, 0.2) is 97.1 Å². The molecular weight excluding hydrogens is 1150 g/mol. The number of aliphatic hydroxyl groups is 8. The molecule has 7 amide bonds. The maximum Gasteiger partial charge on any atom is 0.524 e. The van der Waals surface area contributed by atoms with Gasteiger partial charge in [0.25, 0.3) is 5.91 Å². The molecule has 28 heteroatoms. The molecule has 3 aliphatic heterocycles. The van der Waals surface area contributed by atoms with Gasteiger partial charge >= 0.3 is 7.82 Å². The second-order valence-corrected chi connectivity index (χ2v) is 23.0. The molecule has 0 radical (unpaired) electrons. The number of carbonyl (C=O) groups is 7. The molecule has 0 bridgehead atoms. The summed E-state index contributed by atoms with van der Waals surface area (Å²) >= 11 is 0. The van der Waals surface area contributed by atoms with Gasteiger partial charge in [-0.25, -0.2) is 4.57 Å². The minimum atomic E-state index is -5.06. The van der Waals surface area contributed by atoms with E-state index in [-0.39, 0.29) is 16.9 Å². The maximum absolute atomic E-state index is 14.5. The monoisotopic (exact) mass is 1220 g/mol. The van der Waals surface area contributed by atoms with Gasteiger partial charge in [-0.2, -0.15) is 0 Å². The lowest BCUT2D eigenvalue weighted by molar-refractivity contribution is -0.148. The van der Waals surface area contributed by atoms with Crippen LogP contribution in [0.3, 0.4) is 0 Å². The van der Waals surface area contributed by atoms with Crippen LogP contribution in [0.1, 0.15) is 81.8 Å². The van der Waals surface area contributed by atoms with Crippen LogP contribution < -0.4 is 35.8 Å². The van der Waals surface area contributed by atoms with E-state index in [9.17, 15) is 88.8 Å². The van der Waals surface area contributed by atoms with Gasteiger partial charge in [0.1, 0.15) is 66.1 Å². The molecule has 15 atom stereocenters. The minimum absolute atomic E-state index is 0.0110. The molecule has 3 fully saturated rings. The van der Waals surface area contributed by atoms with Crippen LogP contribution >= 0.6 is 7.82 Å². The predicted molar refractivity (Wildman–Crippen MR) is 304 cm³/mol. The number of benzene rings is 4. The third kappa shape index (κ3) is 16.4. The van der Waals surface area contributed by atoms with E-state index in [4.69, 9.17) is 4.74 Å². The molecule has 3 saturated heterocycles. The van der Waals surface area contributed by atoms with Crippen molar-refractivity contribution in [1.82, 2.24) is 36.4 Å². The summed E-state index contributed by atoms with van der Waals surface area (Å²) in [5, 5.41) is 102. The number of carbonyl (C=O) groups excluding carboxylic acids is 7. The molecular formula is C58H74N7O20P. The van der Waals surface area contributed by atoms with Crippen molar-refractivity contribution in [2.75, 3.05) is 19.7 Å². The third-order valence-corrected chi connectivity index (χ3v) is 15.7. The van der Waals surface area contributed by atoms with E-state index in [0.717, 1.165) is 89.6 Å². The van der Waals surface area contributed by atoms with Gasteiger partial charge < -0.3 is 86.5 Å². The number of rotatable bonds is 16. The standard InChI is InChI=1S/C58H74N7O20P/c1-5-6-7-24-84-39-20-16-35(17-21-39)33-10-8-32(9-11-33)34-12-14-37(15-13-34)51(73)59-41-26-43(69)54(76)63-56(78)47-48(70)29(2)27-65(47)58(80)45(31(4)67)61-55(77)46(50(72)49(71)36-18-22-40(23-19-36)85-86(81,82)83)62-53(75)42-25-38(68)28-64(42)57(79)44(30(3)66)60-52(41)74/h8-23,29-31,38,41-50,54,66-72,76H,5-7,24-28H2,1-4H3,(H,59,73)(H,60,74)(H,61,77)(H,62,75)(H,63,78)(H2,81,82,83)/t29-,30-,31-,38-,41-,42+,43-,44+,45+,46+,47+,48+,49+,50+,54-/m1/s1. The van der Waals surface area contributed by atoms with E-state index in [1.807, 2.05) is 48.5 Å². The molecule has 27 nitrogen and oxygen atoms in total. The van der Waals surface area contributed by atoms with Crippen LogP contribution in [0.5, 0.6) is 11.5 Å². The predicted octanol–water partition coefficient (Wildman–Crippen LogP) is -1.16. The highest BCUT2D eigenvalue weighted by Crippen LogP contribution is 2.38. The summed E-state index contributed by atoms with van der Waals surface area (Å²) in [6.07, 6.45) is -14.2. The highest BCUT2D eigenvalue weighted by Gasteiger charge is 2.50. The summed E-state index contributed by atoms with van der Waals surface area (Å²) in [6.45, 7) is 5.28. The van der Waals surface area contributed by atoms with E-state index in [0.29, 0.717) is 12.2 Å². The second-order valence-electron chi connectivity index (χ2n) is 21.8. The molecule has 3 heterocycles. The number of fused-ring (bicyclic) bond motifs is 2. The van der Waals surface area contributed by atoms with Gasteiger partial charge in [0.15, 0.2) is 6.23 Å². The first-order chi connectivity index (χ1) is 40.6. The average Bonchev–Trinajstić information content (AvgIpc) is 2.75. The number of phosphoric acid groups is 1. The number of hydrogen-bond donors (Lipinski definition) is 15. The Morgan fingerprint density at radius 1 is 0.640 bits per heavy atom. The van der Waals surface area contributed by atoms with Crippen LogP contribution in [-0.4, -0.2) is 201 Å². The summed E-state index contributed by atoms with van der Waals surface area (Å²) in [5.74, 6) is -9.20. The maximum atomic E-state index is 14.5. The van der Waals surface area contributed by atoms with Crippen LogP contribution in [0.25, 0.3) is 22.3 Å². The second kappa shape index (κ2) is 28.9. The fraction of sp³-hybridized carbons (Fsp3) is 0.466. The van der Waals surface area contributed by atoms with Crippen LogP contribution in [0.4, 0.5) is 0 Å². The van der Waals surface area contributed by atoms with Gasteiger partial charge in [-0.05, 0) is 84.5 Å². The van der Waals surface area contributed by atoms with Crippen molar-refractivity contribution in [3.63, 3.8) is 0 Å². The zero-order valence-electron chi connectivity index (χ0n) is 47.5. The molecule has 3 aliphatic rings. The van der Waals surface area contributed by atoms with Gasteiger partial charge in [0.05, 0.1) is 31.0 Å². The van der Waals surface area contributed by atoms with Crippen molar-refractivity contribution in [2.45, 2.75) is 145 Å². The first-order valence-corrected chi connectivity index (χ1v) is 29.6. The molecule has 466 valence electrons. The summed E-state index contributed by atoms with van der Waals surface area (Å²) in [6, 6.07) is 13.6. The number of amides is 7. The first-order valence-electron chi connectivity index (χ1n) is 28.0. The normalized spacial score (nSPS) is 27.0. The fourth-order valence-corrected chi connectivity index (χ4v) is 10.8. The molecule has 0 aromatic heterocycles. The van der Waals surface area contributed by atoms with Crippen molar-refractivity contribution >= 4 is 49.2 Å². The quantitative estimate of drug-likeness (QED) is 0.0465. The van der Waals surface area contributed by atoms with Crippen molar-refractivity contribution in [3.05, 3.63) is 108 Å². The van der Waals surface area contributed by atoms with E-state index >= 15 is 0 Å². The number of ether oxygens (including phenoxy) is 1. The molecule has 0 aliphatic carbocycles. The zero-order valence-corrected chi connectivity index (χ0v) is 48.3. The number of nitrogens with one attached hydrogen (secondary N) is 5. The fourth-order valence-electron chi connectivity index (χ4n) is 10.4. The average molecular weight is 1220 g/mol. The SMILES string of the molecule is CCCCCOc1ccc(-c2ccc(-c3ccc(C(=O)N[C@@H]4C[C@@H](O)[C@@H](O)NC(=O)[C@@H]5[C@@H](O)[C@H](C)CN5C(=O)[C@H]([C@@H](C)O)NC(=O)[C@H]([C@H](O)[C@@H](O)c5ccc(OP(=O)(O)O)cc5)NC(=O)[C@@H]5C[C@@H](O)CN5C(=O)[C@H]([C@@H](C)O)NC4=O)cc3)cc2)cc1. The van der Waals surface area contributed by atoms with E-state index < -0.39 is 166 Å². The number of nitrogens with zero attached hydrogens (tertiary/aromatic N) is 2. The molecule has 86 heavy (non-hydrogen) atoms. The van der Waals surface area contributed by atoms with Crippen molar-refractivity contribution < 1.29 is 98.0 Å². The summed E-state index contributed by atoms with van der Waals surface area (Å²) < 4.78 is 21.8. The first kappa shape index (κ1) is 66.1. The topological polar surface area (TPSA) is 424 Å². The third-order valence-electron chi connectivity index (χ3n) is 15.3. The number of phosphoric ester groups is 1. The Bertz CT molecular complexity index is 3080. The largest absolute Gasteiger partial charge is 0.524 e. The zero-order chi connectivity index (χ0) is 62.9. The number of unbranched alkanes of at least 4 members (excludes halogenated alkanes) is 2. The molecule has 0 spiro atoms. The van der Waals surface area contributed by atoms with Crippen LogP contribution in [-0.2, 0) is 33.3 Å². The van der Waals surface area contributed by atoms with Crippen molar-refractivity contribution in [3.8, 4) is 33.8 Å². The van der Waals surface area contributed by atoms with Crippen LogP contribution in [0.2, 0.25) is 0 Å². The molecule has 7 rings (SSSR count). The lowest BCUT2D eigenvalue weighted by Crippen LogP contribution is -2.64. The lowest BCUT2D eigenvalue weighted by Gasteiger charge is -2.34. The smallest absolute Gasteiger partial charge is 0.494 e. The summed E-state index contributed by atoms with van der Waals surface area (Å²) in [7, 11) is -5.06.